The van der Waals surface area contributed by atoms with Gasteiger partial charge in [-0.15, -0.1) is 11.3 Å². The molecule has 82 valence electrons. The monoisotopic (exact) mass is 226 g/mol. The molecule has 0 radical (unpaired) electrons. The molecule has 0 aromatic carbocycles. The summed E-state index contributed by atoms with van der Waals surface area (Å²) in [6, 6.07) is 1.81. The molecule has 1 aliphatic heterocycles. The number of methoxy groups -OCH3 is 1. The minimum atomic E-state index is -0.0336. The van der Waals surface area contributed by atoms with E-state index in [0.29, 0.717) is 16.5 Å². The van der Waals surface area contributed by atoms with Gasteiger partial charge in [0.1, 0.15) is 10.6 Å². The van der Waals surface area contributed by atoms with Crippen LogP contribution in [0, 0.1) is 5.92 Å². The molecule has 1 fully saturated rings. The van der Waals surface area contributed by atoms with Crippen molar-refractivity contribution < 1.29 is 9.53 Å². The van der Waals surface area contributed by atoms with Gasteiger partial charge in [0.15, 0.2) is 0 Å². The van der Waals surface area contributed by atoms with E-state index in [4.69, 9.17) is 4.74 Å². The van der Waals surface area contributed by atoms with E-state index in [-0.39, 0.29) is 5.91 Å². The van der Waals surface area contributed by atoms with Gasteiger partial charge in [0.2, 0.25) is 0 Å². The van der Waals surface area contributed by atoms with Crippen LogP contribution in [0.2, 0.25) is 0 Å². The fraction of sp³-hybridized carbons (Fsp3) is 0.500. The van der Waals surface area contributed by atoms with Gasteiger partial charge in [0.05, 0.1) is 7.11 Å². The molecule has 0 spiro atoms. The fourth-order valence-corrected chi connectivity index (χ4v) is 2.21. The van der Waals surface area contributed by atoms with Crippen LogP contribution in [0.15, 0.2) is 11.4 Å². The highest BCUT2D eigenvalue weighted by Gasteiger charge is 2.19. The number of hydrogen-bond acceptors (Lipinski definition) is 4. The summed E-state index contributed by atoms with van der Waals surface area (Å²) in [5.74, 6) is 1.21. The molecule has 2 rings (SSSR count). The number of ether oxygens (including phenoxy) is 1. The first-order valence-electron chi connectivity index (χ1n) is 4.91. The van der Waals surface area contributed by atoms with Gasteiger partial charge in [-0.25, -0.2) is 0 Å². The van der Waals surface area contributed by atoms with Crippen molar-refractivity contribution in [2.45, 2.75) is 0 Å². The lowest BCUT2D eigenvalue weighted by Crippen LogP contribution is -2.48. The van der Waals surface area contributed by atoms with E-state index in [9.17, 15) is 4.79 Å². The molecule has 0 saturated carbocycles. The molecular weight excluding hydrogens is 212 g/mol. The molecule has 0 unspecified atom stereocenters. The molecule has 0 aliphatic carbocycles. The Morgan fingerprint density at radius 3 is 3.13 bits per heavy atom. The number of thiophene rings is 1. The predicted octanol–water partition coefficient (Wildman–Crippen LogP) is 0.706. The van der Waals surface area contributed by atoms with Crippen LogP contribution in [0.25, 0.3) is 0 Å². The van der Waals surface area contributed by atoms with Gasteiger partial charge in [0, 0.05) is 25.6 Å². The van der Waals surface area contributed by atoms with Crippen molar-refractivity contribution in [3.63, 3.8) is 0 Å². The standard InChI is InChI=1S/C10H14N2O2S/c1-14-8-2-3-15-9(8)10(13)12-6-7-4-11-5-7/h2-3,7,11H,4-6H2,1H3,(H,12,13). The Morgan fingerprint density at radius 1 is 1.73 bits per heavy atom. The fourth-order valence-electron chi connectivity index (χ4n) is 1.43. The van der Waals surface area contributed by atoms with E-state index in [1.54, 1.807) is 7.11 Å². The predicted molar refractivity (Wildman–Crippen MR) is 59.6 cm³/mol. The average molecular weight is 226 g/mol. The van der Waals surface area contributed by atoms with Crippen molar-refractivity contribution in [2.75, 3.05) is 26.7 Å². The van der Waals surface area contributed by atoms with E-state index in [1.807, 2.05) is 11.4 Å². The van der Waals surface area contributed by atoms with E-state index >= 15 is 0 Å². The molecule has 1 saturated heterocycles. The smallest absolute Gasteiger partial charge is 0.265 e. The lowest BCUT2D eigenvalue weighted by Gasteiger charge is -2.26. The molecule has 2 heterocycles. The van der Waals surface area contributed by atoms with Gasteiger partial charge in [-0.3, -0.25) is 4.79 Å². The summed E-state index contributed by atoms with van der Waals surface area (Å²) in [6.07, 6.45) is 0. The Bertz CT molecular complexity index is 347. The summed E-state index contributed by atoms with van der Waals surface area (Å²) in [5.41, 5.74) is 0. The second-order valence-electron chi connectivity index (χ2n) is 3.55. The zero-order valence-corrected chi connectivity index (χ0v) is 9.39. The van der Waals surface area contributed by atoms with Crippen molar-refractivity contribution in [1.82, 2.24) is 10.6 Å². The molecular formula is C10H14N2O2S. The summed E-state index contributed by atoms with van der Waals surface area (Å²) < 4.78 is 5.09. The molecule has 1 aromatic heterocycles. The minimum absolute atomic E-state index is 0.0336. The van der Waals surface area contributed by atoms with Gasteiger partial charge in [0.25, 0.3) is 5.91 Å². The van der Waals surface area contributed by atoms with Gasteiger partial charge in [-0.2, -0.15) is 0 Å². The summed E-state index contributed by atoms with van der Waals surface area (Å²) >= 11 is 1.41. The maximum Gasteiger partial charge on any atom is 0.265 e. The van der Waals surface area contributed by atoms with Crippen LogP contribution in [0.3, 0.4) is 0 Å². The van der Waals surface area contributed by atoms with Crippen molar-refractivity contribution >= 4 is 17.2 Å². The third-order valence-electron chi connectivity index (χ3n) is 2.47. The highest BCUT2D eigenvalue weighted by molar-refractivity contribution is 7.12. The third kappa shape index (κ3) is 2.30. The van der Waals surface area contributed by atoms with Crippen LogP contribution in [0.4, 0.5) is 0 Å². The summed E-state index contributed by atoms with van der Waals surface area (Å²) in [6.45, 7) is 2.75. The maximum atomic E-state index is 11.7. The number of carbonyl (C=O) groups is 1. The molecule has 1 aliphatic rings. The van der Waals surface area contributed by atoms with Crippen LogP contribution >= 0.6 is 11.3 Å². The summed E-state index contributed by atoms with van der Waals surface area (Å²) in [7, 11) is 1.58. The zero-order chi connectivity index (χ0) is 10.7. The normalized spacial score (nSPS) is 15.8. The quantitative estimate of drug-likeness (QED) is 0.795. The maximum absolute atomic E-state index is 11.7. The van der Waals surface area contributed by atoms with Gasteiger partial charge >= 0.3 is 0 Å². The largest absolute Gasteiger partial charge is 0.495 e. The molecule has 0 atom stereocenters. The summed E-state index contributed by atoms with van der Waals surface area (Å²) in [5, 5.41) is 7.94. The first-order chi connectivity index (χ1) is 7.31. The highest BCUT2D eigenvalue weighted by Crippen LogP contribution is 2.23. The second kappa shape index (κ2) is 4.63. The SMILES string of the molecule is COc1ccsc1C(=O)NCC1CNC1. The van der Waals surface area contributed by atoms with Crippen LogP contribution in [-0.4, -0.2) is 32.7 Å². The Hall–Kier alpha value is -1.07. The molecule has 5 heteroatoms. The topological polar surface area (TPSA) is 50.4 Å². The lowest BCUT2D eigenvalue weighted by atomic mass is 10.0. The van der Waals surface area contributed by atoms with Gasteiger partial charge < -0.3 is 15.4 Å². The average Bonchev–Trinajstić information content (AvgIpc) is 2.62. The number of amides is 1. The Labute approximate surface area is 92.6 Å². The summed E-state index contributed by atoms with van der Waals surface area (Å²) in [4.78, 5) is 12.4. The molecule has 2 N–H and O–H groups in total. The van der Waals surface area contributed by atoms with E-state index in [2.05, 4.69) is 10.6 Å². The van der Waals surface area contributed by atoms with Crippen molar-refractivity contribution in [3.05, 3.63) is 16.3 Å². The number of nitrogens with one attached hydrogen (secondary N) is 2. The molecule has 15 heavy (non-hydrogen) atoms. The Morgan fingerprint density at radius 2 is 2.53 bits per heavy atom. The van der Waals surface area contributed by atoms with Gasteiger partial charge in [-0.1, -0.05) is 0 Å². The number of hydrogen-bond donors (Lipinski definition) is 2. The minimum Gasteiger partial charge on any atom is -0.495 e. The molecule has 1 aromatic rings. The van der Waals surface area contributed by atoms with Gasteiger partial charge in [-0.05, 0) is 11.4 Å². The first-order valence-corrected chi connectivity index (χ1v) is 5.79. The molecule has 1 amide bonds. The van der Waals surface area contributed by atoms with Crippen molar-refractivity contribution in [3.8, 4) is 5.75 Å². The Balaban J connectivity index is 1.89. The van der Waals surface area contributed by atoms with Crippen molar-refractivity contribution in [1.29, 1.82) is 0 Å². The van der Waals surface area contributed by atoms with Crippen LogP contribution < -0.4 is 15.4 Å². The molecule has 4 nitrogen and oxygen atoms in total. The number of rotatable bonds is 4. The Kier molecular flexibility index (Phi) is 3.23. The zero-order valence-electron chi connectivity index (χ0n) is 8.58. The van der Waals surface area contributed by atoms with Crippen LogP contribution in [0.5, 0.6) is 5.75 Å². The van der Waals surface area contributed by atoms with Crippen LogP contribution in [-0.2, 0) is 0 Å². The lowest BCUT2D eigenvalue weighted by molar-refractivity contribution is 0.0943. The van der Waals surface area contributed by atoms with E-state index < -0.39 is 0 Å². The first kappa shape index (κ1) is 10.4. The highest BCUT2D eigenvalue weighted by atomic mass is 32.1. The second-order valence-corrected chi connectivity index (χ2v) is 4.47. The van der Waals surface area contributed by atoms with Crippen molar-refractivity contribution in [2.24, 2.45) is 5.92 Å². The third-order valence-corrected chi connectivity index (χ3v) is 3.37. The number of carbonyl (C=O) groups excluding carboxylic acids is 1. The van der Waals surface area contributed by atoms with E-state index in [0.717, 1.165) is 19.6 Å². The molecule has 0 bridgehead atoms. The van der Waals surface area contributed by atoms with E-state index in [1.165, 1.54) is 11.3 Å². The van der Waals surface area contributed by atoms with Crippen LogP contribution in [0.1, 0.15) is 9.67 Å².